The molecule has 1 heterocycles. The number of carboxylic acid groups (broad SMARTS) is 1. The summed E-state index contributed by atoms with van der Waals surface area (Å²) in [6, 6.07) is 5.46. The van der Waals surface area contributed by atoms with Gasteiger partial charge >= 0.3 is 5.97 Å². The van der Waals surface area contributed by atoms with Crippen molar-refractivity contribution >= 4 is 35.2 Å². The van der Waals surface area contributed by atoms with Crippen molar-refractivity contribution < 1.29 is 19.5 Å². The van der Waals surface area contributed by atoms with Crippen LogP contribution < -0.4 is 4.90 Å². The van der Waals surface area contributed by atoms with Crippen LogP contribution in [-0.4, -0.2) is 33.9 Å². The molecule has 20 heavy (non-hydrogen) atoms. The Kier molecular flexibility index (Phi) is 4.13. The lowest BCUT2D eigenvalue weighted by atomic mass is 10.1. The van der Waals surface area contributed by atoms with E-state index in [0.717, 1.165) is 22.9 Å². The Bertz CT molecular complexity index is 585. The van der Waals surface area contributed by atoms with Crippen LogP contribution in [0.4, 0.5) is 5.69 Å². The second-order valence-corrected chi connectivity index (χ2v) is 5.87. The fraction of sp³-hybridized carbons (Fsp3) is 0.357. The fourth-order valence-corrected chi connectivity index (χ4v) is 2.99. The Morgan fingerprint density at radius 3 is 2.75 bits per heavy atom. The molecule has 1 aromatic carbocycles. The molecule has 0 saturated carbocycles. The number of hydrogen-bond acceptors (Lipinski definition) is 4. The molecule has 0 unspecified atom stereocenters. The van der Waals surface area contributed by atoms with Crippen molar-refractivity contribution in [2.24, 2.45) is 0 Å². The van der Waals surface area contributed by atoms with E-state index in [1.54, 1.807) is 12.1 Å². The first-order valence-electron chi connectivity index (χ1n) is 6.18. The van der Waals surface area contributed by atoms with E-state index in [-0.39, 0.29) is 24.0 Å². The van der Waals surface area contributed by atoms with Gasteiger partial charge in [0, 0.05) is 6.42 Å². The quantitative estimate of drug-likeness (QED) is 0.856. The Morgan fingerprint density at radius 2 is 2.10 bits per heavy atom. The second kappa shape index (κ2) is 5.66. The summed E-state index contributed by atoms with van der Waals surface area (Å²) in [7, 11) is 0. The van der Waals surface area contributed by atoms with Gasteiger partial charge in [-0.1, -0.05) is 12.1 Å². The zero-order valence-corrected chi connectivity index (χ0v) is 12.1. The van der Waals surface area contributed by atoms with Crippen LogP contribution in [0.5, 0.6) is 0 Å². The van der Waals surface area contributed by atoms with Gasteiger partial charge in [-0.15, -0.1) is 11.8 Å². The van der Waals surface area contributed by atoms with Crippen molar-refractivity contribution in [3.05, 3.63) is 29.3 Å². The molecule has 1 aliphatic heterocycles. The molecule has 5 nitrogen and oxygen atoms in total. The molecule has 0 spiro atoms. The molecule has 6 heteroatoms. The van der Waals surface area contributed by atoms with E-state index in [1.807, 2.05) is 19.9 Å². The highest BCUT2D eigenvalue weighted by Gasteiger charge is 2.40. The first-order chi connectivity index (χ1) is 9.41. The highest BCUT2D eigenvalue weighted by Crippen LogP contribution is 2.32. The van der Waals surface area contributed by atoms with Crippen LogP contribution in [0.3, 0.4) is 0 Å². The molecule has 1 aromatic rings. The van der Waals surface area contributed by atoms with Gasteiger partial charge in [-0.3, -0.25) is 14.4 Å². The standard InChI is InChI=1S/C14H15NO4S/c1-8-4-3-5-10(9(8)2)15-12(16)6-11(14(15)19)20-7-13(17)18/h3-5,11H,6-7H2,1-2H3,(H,17,18)/t11-/m0/s1. The van der Waals surface area contributed by atoms with Gasteiger partial charge < -0.3 is 5.11 Å². The lowest BCUT2D eigenvalue weighted by Gasteiger charge is -2.18. The number of imide groups is 1. The van der Waals surface area contributed by atoms with Crippen LogP contribution in [0.1, 0.15) is 17.5 Å². The smallest absolute Gasteiger partial charge is 0.313 e. The summed E-state index contributed by atoms with van der Waals surface area (Å²) >= 11 is 1.00. The van der Waals surface area contributed by atoms with Crippen LogP contribution in [-0.2, 0) is 14.4 Å². The molecule has 0 aliphatic carbocycles. The van der Waals surface area contributed by atoms with E-state index < -0.39 is 11.2 Å². The van der Waals surface area contributed by atoms with Gasteiger partial charge in [-0.25, -0.2) is 4.90 Å². The number of carboxylic acids is 1. The van der Waals surface area contributed by atoms with Gasteiger partial charge in [0.15, 0.2) is 0 Å². The second-order valence-electron chi connectivity index (χ2n) is 4.68. The van der Waals surface area contributed by atoms with E-state index in [9.17, 15) is 14.4 Å². The first-order valence-corrected chi connectivity index (χ1v) is 7.23. The van der Waals surface area contributed by atoms with E-state index in [0.29, 0.717) is 5.69 Å². The summed E-state index contributed by atoms with van der Waals surface area (Å²) < 4.78 is 0. The van der Waals surface area contributed by atoms with Crippen molar-refractivity contribution in [1.82, 2.24) is 0 Å². The maximum atomic E-state index is 12.3. The van der Waals surface area contributed by atoms with Gasteiger partial charge in [0.2, 0.25) is 11.8 Å². The number of nitrogens with zero attached hydrogens (tertiary/aromatic N) is 1. The number of anilines is 1. The minimum Gasteiger partial charge on any atom is -0.481 e. The molecule has 1 aliphatic rings. The molecule has 0 radical (unpaired) electrons. The van der Waals surface area contributed by atoms with Crippen molar-refractivity contribution in [2.45, 2.75) is 25.5 Å². The topological polar surface area (TPSA) is 74.7 Å². The van der Waals surface area contributed by atoms with Gasteiger partial charge in [0.05, 0.1) is 16.7 Å². The average molecular weight is 293 g/mol. The fourth-order valence-electron chi connectivity index (χ4n) is 2.14. The minimum atomic E-state index is -0.986. The highest BCUT2D eigenvalue weighted by atomic mass is 32.2. The number of aryl methyl sites for hydroxylation is 1. The molecule has 1 fully saturated rings. The van der Waals surface area contributed by atoms with E-state index in [4.69, 9.17) is 5.11 Å². The Labute approximate surface area is 121 Å². The summed E-state index contributed by atoms with van der Waals surface area (Å²) in [5.74, 6) is -1.76. The molecule has 1 N–H and O–H groups in total. The Balaban J connectivity index is 2.25. The summed E-state index contributed by atoms with van der Waals surface area (Å²) in [5.41, 5.74) is 2.49. The summed E-state index contributed by atoms with van der Waals surface area (Å²) in [6.45, 7) is 3.78. The molecule has 0 aromatic heterocycles. The van der Waals surface area contributed by atoms with Gasteiger partial charge in [-0.05, 0) is 31.0 Å². The van der Waals surface area contributed by atoms with Crippen LogP contribution in [0.2, 0.25) is 0 Å². The third kappa shape index (κ3) is 2.70. The Hall–Kier alpha value is -1.82. The van der Waals surface area contributed by atoms with Gasteiger partial charge in [0.25, 0.3) is 0 Å². The number of carbonyl (C=O) groups excluding carboxylic acids is 2. The number of hydrogen-bond donors (Lipinski definition) is 1. The number of benzene rings is 1. The zero-order chi connectivity index (χ0) is 14.9. The molecular weight excluding hydrogens is 278 g/mol. The van der Waals surface area contributed by atoms with E-state index in [2.05, 4.69) is 0 Å². The monoisotopic (exact) mass is 293 g/mol. The summed E-state index contributed by atoms with van der Waals surface area (Å²) in [4.78, 5) is 36.1. The first kappa shape index (κ1) is 14.6. The molecule has 2 rings (SSSR count). The van der Waals surface area contributed by atoms with Crippen molar-refractivity contribution in [1.29, 1.82) is 0 Å². The van der Waals surface area contributed by atoms with Crippen LogP contribution in [0.15, 0.2) is 18.2 Å². The average Bonchev–Trinajstić information content (AvgIpc) is 2.66. The van der Waals surface area contributed by atoms with Gasteiger partial charge in [0.1, 0.15) is 0 Å². The molecule has 1 saturated heterocycles. The zero-order valence-electron chi connectivity index (χ0n) is 11.3. The third-order valence-corrected chi connectivity index (χ3v) is 4.51. The summed E-state index contributed by atoms with van der Waals surface area (Å²) in [6.07, 6.45) is 0.0597. The van der Waals surface area contributed by atoms with Crippen LogP contribution >= 0.6 is 11.8 Å². The largest absolute Gasteiger partial charge is 0.481 e. The van der Waals surface area contributed by atoms with Crippen molar-refractivity contribution in [3.63, 3.8) is 0 Å². The molecule has 106 valence electrons. The number of thioether (sulfide) groups is 1. The van der Waals surface area contributed by atoms with E-state index in [1.165, 1.54) is 4.90 Å². The Morgan fingerprint density at radius 1 is 1.40 bits per heavy atom. The van der Waals surface area contributed by atoms with Crippen LogP contribution in [0.25, 0.3) is 0 Å². The number of rotatable bonds is 4. The van der Waals surface area contributed by atoms with E-state index >= 15 is 0 Å². The minimum absolute atomic E-state index is 0.0597. The number of aliphatic carboxylic acids is 1. The predicted octanol–water partition coefficient (Wildman–Crippen LogP) is 1.75. The molecule has 1 atom stereocenters. The lowest BCUT2D eigenvalue weighted by molar-refractivity contribution is -0.134. The number of carbonyl (C=O) groups is 3. The maximum absolute atomic E-state index is 12.3. The summed E-state index contributed by atoms with van der Waals surface area (Å²) in [5, 5.41) is 8.06. The molecular formula is C14H15NO4S. The lowest BCUT2D eigenvalue weighted by Crippen LogP contribution is -2.32. The third-order valence-electron chi connectivity index (χ3n) is 3.33. The van der Waals surface area contributed by atoms with Crippen molar-refractivity contribution in [3.8, 4) is 0 Å². The molecule has 2 amide bonds. The van der Waals surface area contributed by atoms with Gasteiger partial charge in [-0.2, -0.15) is 0 Å². The maximum Gasteiger partial charge on any atom is 0.313 e. The molecule has 0 bridgehead atoms. The number of amides is 2. The SMILES string of the molecule is Cc1cccc(N2C(=O)C[C@H](SCC(=O)O)C2=O)c1C. The van der Waals surface area contributed by atoms with Crippen LogP contribution in [0, 0.1) is 13.8 Å². The highest BCUT2D eigenvalue weighted by molar-refractivity contribution is 8.01. The predicted molar refractivity (Wildman–Crippen MR) is 76.9 cm³/mol. The normalized spacial score (nSPS) is 18.7. The van der Waals surface area contributed by atoms with Crippen molar-refractivity contribution in [2.75, 3.05) is 10.7 Å².